The summed E-state index contributed by atoms with van der Waals surface area (Å²) in [5, 5.41) is 6.47. The van der Waals surface area contributed by atoms with Gasteiger partial charge in [0.25, 0.3) is 0 Å². The number of halogens is 1. The van der Waals surface area contributed by atoms with Crippen molar-refractivity contribution in [1.29, 1.82) is 0 Å². The first-order valence-corrected chi connectivity index (χ1v) is 11.8. The molecule has 4 rings (SSSR count). The predicted molar refractivity (Wildman–Crippen MR) is 137 cm³/mol. The Labute approximate surface area is 205 Å². The molecule has 1 heterocycles. The zero-order chi connectivity index (χ0) is 23.9. The van der Waals surface area contributed by atoms with Crippen molar-refractivity contribution in [2.75, 3.05) is 43.4 Å². The highest BCUT2D eigenvalue weighted by molar-refractivity contribution is 6.33. The number of carbonyl (C=O) groups excluding carboxylic acids is 2. The minimum Gasteiger partial charge on any atom is -0.324 e. The molecule has 34 heavy (non-hydrogen) atoms. The maximum Gasteiger partial charge on any atom is 0.246 e. The number of nitrogens with one attached hydrogen (secondary N) is 2. The summed E-state index contributed by atoms with van der Waals surface area (Å²) in [7, 11) is 0. The maximum absolute atomic E-state index is 13.3. The second-order valence-corrected chi connectivity index (χ2v) is 8.92. The molecule has 1 fully saturated rings. The summed E-state index contributed by atoms with van der Waals surface area (Å²) in [4.78, 5) is 30.1. The van der Waals surface area contributed by atoms with E-state index in [1.807, 2.05) is 73.7 Å². The summed E-state index contributed by atoms with van der Waals surface area (Å²) in [5.74, 6) is -0.154. The van der Waals surface area contributed by atoms with Crippen molar-refractivity contribution in [2.45, 2.75) is 13.0 Å². The van der Waals surface area contributed by atoms with Crippen LogP contribution in [0.2, 0.25) is 5.02 Å². The van der Waals surface area contributed by atoms with Crippen LogP contribution in [0, 0.1) is 6.92 Å². The molecule has 0 spiro atoms. The summed E-state index contributed by atoms with van der Waals surface area (Å²) >= 11 is 6.15. The van der Waals surface area contributed by atoms with E-state index in [2.05, 4.69) is 20.4 Å². The van der Waals surface area contributed by atoms with Crippen molar-refractivity contribution < 1.29 is 9.59 Å². The van der Waals surface area contributed by atoms with E-state index in [9.17, 15) is 9.59 Å². The standard InChI is InChI=1S/C27H29ClN4O2/c1-20-11-13-22(14-12-20)29-27(34)26(21-7-3-2-4-8-21)32-17-15-31(16-18-32)19-25(33)30-24-10-6-5-9-23(24)28/h2-14,26H,15-19H2,1H3,(H,29,34)(H,30,33). The molecule has 0 aliphatic carbocycles. The Morgan fingerprint density at radius 3 is 2.18 bits per heavy atom. The van der Waals surface area contributed by atoms with Crippen LogP contribution in [0.1, 0.15) is 17.2 Å². The molecule has 0 saturated carbocycles. The van der Waals surface area contributed by atoms with Gasteiger partial charge in [0.2, 0.25) is 11.8 Å². The Bertz CT molecular complexity index is 1110. The van der Waals surface area contributed by atoms with Gasteiger partial charge in [-0.15, -0.1) is 0 Å². The van der Waals surface area contributed by atoms with Crippen molar-refractivity contribution in [1.82, 2.24) is 9.80 Å². The number of para-hydroxylation sites is 1. The van der Waals surface area contributed by atoms with Crippen LogP contribution in [-0.2, 0) is 9.59 Å². The van der Waals surface area contributed by atoms with Crippen molar-refractivity contribution in [3.63, 3.8) is 0 Å². The Balaban J connectivity index is 1.38. The number of rotatable bonds is 7. The Morgan fingerprint density at radius 1 is 0.853 bits per heavy atom. The molecule has 1 saturated heterocycles. The van der Waals surface area contributed by atoms with E-state index in [0.29, 0.717) is 36.9 Å². The molecular formula is C27H29ClN4O2. The fraction of sp³-hybridized carbons (Fsp3) is 0.259. The number of aryl methyl sites for hydroxylation is 1. The molecule has 0 aromatic heterocycles. The normalized spacial score (nSPS) is 15.5. The Kier molecular flexibility index (Phi) is 7.95. The first-order valence-electron chi connectivity index (χ1n) is 11.4. The van der Waals surface area contributed by atoms with Gasteiger partial charge in [-0.1, -0.05) is 71.8 Å². The quantitative estimate of drug-likeness (QED) is 0.523. The van der Waals surface area contributed by atoms with E-state index >= 15 is 0 Å². The van der Waals surface area contributed by atoms with E-state index in [1.165, 1.54) is 0 Å². The highest BCUT2D eigenvalue weighted by Crippen LogP contribution is 2.25. The largest absolute Gasteiger partial charge is 0.324 e. The third-order valence-electron chi connectivity index (χ3n) is 5.97. The van der Waals surface area contributed by atoms with Crippen LogP contribution in [-0.4, -0.2) is 54.3 Å². The van der Waals surface area contributed by atoms with Crippen LogP contribution in [0.25, 0.3) is 0 Å². The van der Waals surface area contributed by atoms with E-state index in [0.717, 1.165) is 16.8 Å². The van der Waals surface area contributed by atoms with Gasteiger partial charge in [0.15, 0.2) is 0 Å². The monoisotopic (exact) mass is 476 g/mol. The highest BCUT2D eigenvalue weighted by atomic mass is 35.5. The average molecular weight is 477 g/mol. The number of piperazine rings is 1. The van der Waals surface area contributed by atoms with Crippen LogP contribution in [0.15, 0.2) is 78.9 Å². The van der Waals surface area contributed by atoms with Crippen molar-refractivity contribution in [3.05, 3.63) is 95.0 Å². The number of hydrogen-bond acceptors (Lipinski definition) is 4. The lowest BCUT2D eigenvalue weighted by Gasteiger charge is -2.38. The molecule has 1 unspecified atom stereocenters. The van der Waals surface area contributed by atoms with Crippen LogP contribution < -0.4 is 10.6 Å². The predicted octanol–water partition coefficient (Wildman–Crippen LogP) is 4.58. The molecule has 1 aliphatic heterocycles. The van der Waals surface area contributed by atoms with Crippen molar-refractivity contribution in [2.24, 2.45) is 0 Å². The lowest BCUT2D eigenvalue weighted by molar-refractivity contribution is -0.123. The van der Waals surface area contributed by atoms with Gasteiger partial charge in [0.1, 0.15) is 6.04 Å². The SMILES string of the molecule is Cc1ccc(NC(=O)C(c2ccccc2)N2CCN(CC(=O)Nc3ccccc3Cl)CC2)cc1. The van der Waals surface area contributed by atoms with E-state index in [-0.39, 0.29) is 18.4 Å². The Hall–Kier alpha value is -3.19. The average Bonchev–Trinajstić information content (AvgIpc) is 2.84. The molecule has 3 aromatic rings. The van der Waals surface area contributed by atoms with Crippen molar-refractivity contribution in [3.8, 4) is 0 Å². The molecular weight excluding hydrogens is 448 g/mol. The second-order valence-electron chi connectivity index (χ2n) is 8.51. The van der Waals surface area contributed by atoms with Crippen molar-refractivity contribution >= 4 is 34.8 Å². The number of carbonyl (C=O) groups is 2. The maximum atomic E-state index is 13.3. The molecule has 176 valence electrons. The molecule has 1 aliphatic rings. The van der Waals surface area contributed by atoms with Gasteiger partial charge in [-0.05, 0) is 36.8 Å². The molecule has 0 radical (unpaired) electrons. The summed E-state index contributed by atoms with van der Waals surface area (Å²) in [6.45, 7) is 5.05. The summed E-state index contributed by atoms with van der Waals surface area (Å²) in [5.41, 5.74) is 3.50. The Morgan fingerprint density at radius 2 is 1.50 bits per heavy atom. The van der Waals surface area contributed by atoms with E-state index < -0.39 is 6.04 Å². The zero-order valence-electron chi connectivity index (χ0n) is 19.2. The number of anilines is 2. The molecule has 7 heteroatoms. The van der Waals surface area contributed by atoms with Gasteiger partial charge in [-0.2, -0.15) is 0 Å². The minimum atomic E-state index is -0.401. The van der Waals surface area contributed by atoms with Gasteiger partial charge >= 0.3 is 0 Å². The van der Waals surface area contributed by atoms with E-state index in [1.54, 1.807) is 12.1 Å². The number of hydrogen-bond donors (Lipinski definition) is 2. The third kappa shape index (κ3) is 6.23. The molecule has 2 N–H and O–H groups in total. The summed E-state index contributed by atoms with van der Waals surface area (Å²) in [6, 6.07) is 24.5. The smallest absolute Gasteiger partial charge is 0.246 e. The fourth-order valence-electron chi connectivity index (χ4n) is 4.15. The highest BCUT2D eigenvalue weighted by Gasteiger charge is 2.31. The molecule has 1 atom stereocenters. The third-order valence-corrected chi connectivity index (χ3v) is 6.30. The molecule has 0 bridgehead atoms. The first kappa shape index (κ1) is 24.0. The molecule has 3 aromatic carbocycles. The van der Waals surface area contributed by atoms with E-state index in [4.69, 9.17) is 11.6 Å². The van der Waals surface area contributed by atoms with Crippen LogP contribution in [0.5, 0.6) is 0 Å². The van der Waals surface area contributed by atoms with Crippen LogP contribution in [0.3, 0.4) is 0 Å². The van der Waals surface area contributed by atoms with Crippen LogP contribution in [0.4, 0.5) is 11.4 Å². The lowest BCUT2D eigenvalue weighted by atomic mass is 10.0. The zero-order valence-corrected chi connectivity index (χ0v) is 20.0. The molecule has 6 nitrogen and oxygen atoms in total. The first-order chi connectivity index (χ1) is 16.5. The summed E-state index contributed by atoms with van der Waals surface area (Å²) < 4.78 is 0. The lowest BCUT2D eigenvalue weighted by Crippen LogP contribution is -2.51. The number of benzene rings is 3. The van der Waals surface area contributed by atoms with Gasteiger partial charge in [0.05, 0.1) is 17.3 Å². The minimum absolute atomic E-state index is 0.0556. The van der Waals surface area contributed by atoms with Gasteiger partial charge < -0.3 is 10.6 Å². The number of amides is 2. The van der Waals surface area contributed by atoms with Gasteiger partial charge in [-0.3, -0.25) is 19.4 Å². The molecule has 2 amide bonds. The fourth-order valence-corrected chi connectivity index (χ4v) is 4.33. The van der Waals surface area contributed by atoms with Crippen LogP contribution >= 0.6 is 11.6 Å². The number of nitrogens with zero attached hydrogens (tertiary/aromatic N) is 2. The van der Waals surface area contributed by atoms with Gasteiger partial charge in [-0.25, -0.2) is 0 Å². The summed E-state index contributed by atoms with van der Waals surface area (Å²) in [6.07, 6.45) is 0. The van der Waals surface area contributed by atoms with Gasteiger partial charge in [0, 0.05) is 31.9 Å². The topological polar surface area (TPSA) is 64.7 Å². The second kappa shape index (κ2) is 11.3.